The van der Waals surface area contributed by atoms with Crippen molar-refractivity contribution in [2.45, 2.75) is 32.5 Å². The van der Waals surface area contributed by atoms with Crippen molar-refractivity contribution >= 4 is 12.2 Å². The smallest absolute Gasteiger partial charge is 0.293 e. The van der Waals surface area contributed by atoms with E-state index in [1.165, 1.54) is 4.68 Å². The van der Waals surface area contributed by atoms with Crippen LogP contribution in [0.25, 0.3) is 0 Å². The Morgan fingerprint density at radius 2 is 2.14 bits per heavy atom. The molecule has 80 valence electrons. The molecule has 0 bridgehead atoms. The predicted molar refractivity (Wildman–Crippen MR) is 49.6 cm³/mol. The van der Waals surface area contributed by atoms with E-state index in [0.717, 1.165) is 12.5 Å². The molecule has 1 atom stereocenters. The normalized spacial score (nSPS) is 14.4. The number of halogens is 3. The second-order valence-electron chi connectivity index (χ2n) is 3.13. The Balaban J connectivity index is 3.12. The van der Waals surface area contributed by atoms with Crippen molar-refractivity contribution in [3.8, 4) is 0 Å². The summed E-state index contributed by atoms with van der Waals surface area (Å²) in [5.74, 6) is 0. The minimum absolute atomic E-state index is 0.0430. The maximum atomic E-state index is 12.3. The van der Waals surface area contributed by atoms with Gasteiger partial charge in [0.2, 0.25) is 0 Å². The maximum absolute atomic E-state index is 12.3. The van der Waals surface area contributed by atoms with Crippen LogP contribution >= 0.6 is 12.2 Å². The van der Waals surface area contributed by atoms with Crippen LogP contribution in [0.3, 0.4) is 0 Å². The topological polar surface area (TPSA) is 20.7 Å². The van der Waals surface area contributed by atoms with Gasteiger partial charge in [0.1, 0.15) is 10.3 Å². The van der Waals surface area contributed by atoms with Crippen molar-refractivity contribution in [3.05, 3.63) is 16.4 Å². The van der Waals surface area contributed by atoms with E-state index in [9.17, 15) is 13.2 Å². The summed E-state index contributed by atoms with van der Waals surface area (Å²) in [7, 11) is 0. The summed E-state index contributed by atoms with van der Waals surface area (Å²) in [6, 6.07) is 0.903. The Bertz CT molecular complexity index is 363. The van der Waals surface area contributed by atoms with Crippen LogP contribution in [0.1, 0.15) is 32.0 Å². The molecule has 2 nitrogen and oxygen atoms in total. The molecule has 1 N–H and O–H groups in total. The monoisotopic (exact) mass is 224 g/mol. The van der Waals surface area contributed by atoms with Crippen LogP contribution < -0.4 is 0 Å². The first kappa shape index (κ1) is 11.3. The SMILES string of the molecule is CCC(C)n1[nH]c(C(F)(F)F)cc1=S. The minimum Gasteiger partial charge on any atom is -0.293 e. The largest absolute Gasteiger partial charge is 0.432 e. The first-order chi connectivity index (χ1) is 6.36. The van der Waals surface area contributed by atoms with Crippen molar-refractivity contribution in [1.82, 2.24) is 9.78 Å². The predicted octanol–water partition coefficient (Wildman–Crippen LogP) is 3.54. The van der Waals surface area contributed by atoms with Crippen molar-refractivity contribution in [2.75, 3.05) is 0 Å². The molecular formula is C8H11F3N2S. The summed E-state index contributed by atoms with van der Waals surface area (Å²) >= 11 is 4.82. The van der Waals surface area contributed by atoms with Gasteiger partial charge in [-0.2, -0.15) is 13.2 Å². The average Bonchev–Trinajstić information content (AvgIpc) is 2.45. The molecule has 0 aromatic carbocycles. The van der Waals surface area contributed by atoms with Crippen LogP contribution in [-0.4, -0.2) is 9.78 Å². The first-order valence-corrected chi connectivity index (χ1v) is 4.65. The second-order valence-corrected chi connectivity index (χ2v) is 3.55. The van der Waals surface area contributed by atoms with Gasteiger partial charge in [0.25, 0.3) is 0 Å². The quantitative estimate of drug-likeness (QED) is 0.762. The Labute approximate surface area is 84.7 Å². The lowest BCUT2D eigenvalue weighted by Gasteiger charge is -2.10. The van der Waals surface area contributed by atoms with Gasteiger partial charge in [-0.05, 0) is 13.3 Å². The van der Waals surface area contributed by atoms with Crippen molar-refractivity contribution in [2.24, 2.45) is 0 Å². The Morgan fingerprint density at radius 1 is 1.57 bits per heavy atom. The molecule has 0 fully saturated rings. The number of nitrogens with zero attached hydrogens (tertiary/aromatic N) is 1. The number of alkyl halides is 3. The van der Waals surface area contributed by atoms with Gasteiger partial charge < -0.3 is 0 Å². The number of hydrogen-bond acceptors (Lipinski definition) is 1. The summed E-state index contributed by atoms with van der Waals surface area (Å²) in [6.45, 7) is 3.70. The van der Waals surface area contributed by atoms with Crippen molar-refractivity contribution in [3.63, 3.8) is 0 Å². The van der Waals surface area contributed by atoms with Gasteiger partial charge in [-0.3, -0.25) is 9.78 Å². The number of rotatable bonds is 2. The molecule has 1 unspecified atom stereocenters. The van der Waals surface area contributed by atoms with Gasteiger partial charge in [-0.25, -0.2) is 0 Å². The number of hydrogen-bond donors (Lipinski definition) is 1. The molecule has 1 aromatic heterocycles. The lowest BCUT2D eigenvalue weighted by atomic mass is 10.3. The zero-order valence-corrected chi connectivity index (χ0v) is 8.67. The van der Waals surface area contributed by atoms with Crippen molar-refractivity contribution < 1.29 is 13.2 Å². The highest BCUT2D eigenvalue weighted by atomic mass is 32.1. The van der Waals surface area contributed by atoms with E-state index in [1.807, 2.05) is 13.8 Å². The number of nitrogens with one attached hydrogen (secondary N) is 1. The van der Waals surface area contributed by atoms with Crippen LogP contribution in [0.2, 0.25) is 0 Å². The van der Waals surface area contributed by atoms with Crippen LogP contribution in [0.4, 0.5) is 13.2 Å². The Kier molecular flexibility index (Phi) is 3.04. The van der Waals surface area contributed by atoms with Gasteiger partial charge in [0, 0.05) is 12.1 Å². The molecule has 1 heterocycles. The molecule has 0 saturated heterocycles. The fourth-order valence-corrected chi connectivity index (χ4v) is 1.41. The average molecular weight is 224 g/mol. The van der Waals surface area contributed by atoms with Gasteiger partial charge in [0.15, 0.2) is 0 Å². The van der Waals surface area contributed by atoms with Crippen molar-refractivity contribution in [1.29, 1.82) is 0 Å². The minimum atomic E-state index is -4.35. The molecule has 0 amide bonds. The van der Waals surface area contributed by atoms with E-state index < -0.39 is 11.9 Å². The van der Waals surface area contributed by atoms with E-state index in [0.29, 0.717) is 0 Å². The van der Waals surface area contributed by atoms with E-state index in [1.54, 1.807) is 0 Å². The Hall–Kier alpha value is -0.780. The molecule has 0 aliphatic rings. The zero-order chi connectivity index (χ0) is 10.9. The fourth-order valence-electron chi connectivity index (χ4n) is 1.07. The third-order valence-electron chi connectivity index (χ3n) is 2.08. The molecule has 0 saturated carbocycles. The van der Waals surface area contributed by atoms with Gasteiger partial charge in [0.05, 0.1) is 0 Å². The number of aromatic nitrogens is 2. The zero-order valence-electron chi connectivity index (χ0n) is 7.85. The highest BCUT2D eigenvalue weighted by Gasteiger charge is 2.33. The van der Waals surface area contributed by atoms with Crippen LogP contribution in [0.15, 0.2) is 6.07 Å². The molecule has 1 aromatic rings. The third kappa shape index (κ3) is 2.17. The van der Waals surface area contributed by atoms with E-state index >= 15 is 0 Å². The second kappa shape index (κ2) is 3.76. The van der Waals surface area contributed by atoms with Gasteiger partial charge >= 0.3 is 6.18 Å². The number of aromatic amines is 1. The standard InChI is InChI=1S/C8H11F3N2S/c1-3-5(2)13-7(14)4-6(12-13)8(9,10)11/h4-5,12H,3H2,1-2H3. The summed E-state index contributed by atoms with van der Waals surface area (Å²) < 4.78 is 38.3. The third-order valence-corrected chi connectivity index (χ3v) is 2.40. The first-order valence-electron chi connectivity index (χ1n) is 4.25. The Morgan fingerprint density at radius 3 is 2.50 bits per heavy atom. The molecule has 1 rings (SSSR count). The fraction of sp³-hybridized carbons (Fsp3) is 0.625. The van der Waals surface area contributed by atoms with Crippen LogP contribution in [0, 0.1) is 4.64 Å². The van der Waals surface area contributed by atoms with E-state index in [4.69, 9.17) is 12.2 Å². The van der Waals surface area contributed by atoms with Crippen LogP contribution in [0.5, 0.6) is 0 Å². The van der Waals surface area contributed by atoms with Gasteiger partial charge in [-0.15, -0.1) is 0 Å². The lowest BCUT2D eigenvalue weighted by molar-refractivity contribution is -0.141. The molecule has 0 radical (unpaired) electrons. The summed E-state index contributed by atoms with van der Waals surface area (Å²) in [5.41, 5.74) is -0.789. The highest BCUT2D eigenvalue weighted by Crippen LogP contribution is 2.28. The maximum Gasteiger partial charge on any atom is 0.432 e. The number of H-pyrrole nitrogens is 1. The molecule has 0 spiro atoms. The summed E-state index contributed by atoms with van der Waals surface area (Å²) in [4.78, 5) is 0. The molecule has 0 aliphatic heterocycles. The van der Waals surface area contributed by atoms with Crippen LogP contribution in [-0.2, 0) is 6.18 Å². The molecule has 0 aliphatic carbocycles. The molecule has 14 heavy (non-hydrogen) atoms. The van der Waals surface area contributed by atoms with Gasteiger partial charge in [-0.1, -0.05) is 19.1 Å². The summed E-state index contributed by atoms with van der Waals surface area (Å²) in [5, 5.41) is 2.26. The molecular weight excluding hydrogens is 213 g/mol. The van der Waals surface area contributed by atoms with E-state index in [2.05, 4.69) is 5.10 Å². The van der Waals surface area contributed by atoms with E-state index in [-0.39, 0.29) is 10.7 Å². The molecule has 6 heteroatoms. The summed E-state index contributed by atoms with van der Waals surface area (Å²) in [6.07, 6.45) is -3.63. The highest BCUT2D eigenvalue weighted by molar-refractivity contribution is 7.71. The lowest BCUT2D eigenvalue weighted by Crippen LogP contribution is -2.10.